The average Bonchev–Trinajstić information content (AvgIpc) is 3.03. The normalized spacial score (nSPS) is 13.8. The number of phenolic OH excluding ortho intramolecular Hbond substituents is 1. The van der Waals surface area contributed by atoms with Crippen LogP contribution in [0.1, 0.15) is 34.3 Å². The molecule has 0 bridgehead atoms. The molecule has 1 fully saturated rings. The Balaban J connectivity index is 1.00. The molecule has 1 saturated heterocycles. The first-order valence-electron chi connectivity index (χ1n) is 14.6. The SMILES string of the molecule is O=C(Nc1ccccc1-c1ccccc1)OC1CCN(CCc2ccc(CCNC(=O)c3ccc(O)c(Cl)c3)cc2)CC1. The number of carbonyl (C=O) groups excluding carboxylic acids is 2. The molecule has 1 aliphatic heterocycles. The molecule has 0 aliphatic carbocycles. The molecule has 2 amide bonds. The van der Waals surface area contributed by atoms with Gasteiger partial charge in [-0.05, 0) is 66.6 Å². The maximum atomic E-state index is 12.7. The van der Waals surface area contributed by atoms with E-state index in [4.69, 9.17) is 16.3 Å². The summed E-state index contributed by atoms with van der Waals surface area (Å²) in [7, 11) is 0. The lowest BCUT2D eigenvalue weighted by Crippen LogP contribution is -2.39. The smallest absolute Gasteiger partial charge is 0.411 e. The van der Waals surface area contributed by atoms with Gasteiger partial charge in [0.1, 0.15) is 11.9 Å². The van der Waals surface area contributed by atoms with E-state index >= 15 is 0 Å². The minimum atomic E-state index is -0.411. The first kappa shape index (κ1) is 30.1. The summed E-state index contributed by atoms with van der Waals surface area (Å²) < 4.78 is 5.77. The lowest BCUT2D eigenvalue weighted by atomic mass is 10.0. The Morgan fingerprint density at radius 1 is 0.860 bits per heavy atom. The molecule has 8 heteroatoms. The van der Waals surface area contributed by atoms with Crippen LogP contribution in [0.3, 0.4) is 0 Å². The second kappa shape index (κ2) is 14.7. The van der Waals surface area contributed by atoms with Gasteiger partial charge in [0.2, 0.25) is 0 Å². The zero-order valence-corrected chi connectivity index (χ0v) is 24.7. The van der Waals surface area contributed by atoms with Crippen LogP contribution in [0.15, 0.2) is 97.1 Å². The molecule has 3 N–H and O–H groups in total. The molecule has 0 atom stereocenters. The van der Waals surface area contributed by atoms with Crippen molar-refractivity contribution < 1.29 is 19.4 Å². The van der Waals surface area contributed by atoms with Crippen LogP contribution >= 0.6 is 11.6 Å². The summed E-state index contributed by atoms with van der Waals surface area (Å²) in [5.74, 6) is -0.264. The van der Waals surface area contributed by atoms with Crippen LogP contribution in [-0.4, -0.2) is 54.3 Å². The molecule has 0 radical (unpaired) electrons. The van der Waals surface area contributed by atoms with Crippen LogP contribution in [0, 0.1) is 0 Å². The van der Waals surface area contributed by atoms with Crippen molar-refractivity contribution in [3.63, 3.8) is 0 Å². The van der Waals surface area contributed by atoms with Crippen molar-refractivity contribution in [1.29, 1.82) is 0 Å². The monoisotopic (exact) mass is 597 g/mol. The molecular formula is C35H36ClN3O4. The Morgan fingerprint density at radius 3 is 2.26 bits per heavy atom. The van der Waals surface area contributed by atoms with Crippen LogP contribution in [-0.2, 0) is 17.6 Å². The number of halogens is 1. The molecule has 0 unspecified atom stereocenters. The predicted octanol–water partition coefficient (Wildman–Crippen LogP) is 6.94. The van der Waals surface area contributed by atoms with E-state index in [1.54, 1.807) is 6.07 Å². The van der Waals surface area contributed by atoms with Gasteiger partial charge in [-0.3, -0.25) is 10.1 Å². The molecule has 0 aromatic heterocycles. The topological polar surface area (TPSA) is 90.9 Å². The van der Waals surface area contributed by atoms with Crippen molar-refractivity contribution in [2.24, 2.45) is 0 Å². The Bertz CT molecular complexity index is 1520. The van der Waals surface area contributed by atoms with Crippen molar-refractivity contribution in [2.75, 3.05) is 31.5 Å². The number of piperidine rings is 1. The number of likely N-dealkylation sites (tertiary alicyclic amines) is 1. The molecular weight excluding hydrogens is 562 g/mol. The predicted molar refractivity (Wildman–Crippen MR) is 171 cm³/mol. The molecule has 1 aliphatic rings. The maximum absolute atomic E-state index is 12.7. The average molecular weight is 598 g/mol. The van der Waals surface area contributed by atoms with E-state index in [-0.39, 0.29) is 22.8 Å². The Kier molecular flexibility index (Phi) is 10.3. The zero-order valence-electron chi connectivity index (χ0n) is 24.0. The first-order valence-corrected chi connectivity index (χ1v) is 15.0. The number of para-hydroxylation sites is 1. The first-order chi connectivity index (χ1) is 20.9. The van der Waals surface area contributed by atoms with Crippen LogP contribution in [0.4, 0.5) is 10.5 Å². The highest BCUT2D eigenvalue weighted by Crippen LogP contribution is 2.28. The van der Waals surface area contributed by atoms with Crippen molar-refractivity contribution in [3.05, 3.63) is 119 Å². The van der Waals surface area contributed by atoms with Gasteiger partial charge < -0.3 is 20.1 Å². The number of rotatable bonds is 10. The van der Waals surface area contributed by atoms with Gasteiger partial charge in [-0.25, -0.2) is 4.79 Å². The lowest BCUT2D eigenvalue weighted by molar-refractivity contribution is 0.0593. The molecule has 0 spiro atoms. The number of carbonyl (C=O) groups is 2. The van der Waals surface area contributed by atoms with Crippen LogP contribution in [0.2, 0.25) is 5.02 Å². The summed E-state index contributed by atoms with van der Waals surface area (Å²) in [4.78, 5) is 27.4. The second-order valence-corrected chi connectivity index (χ2v) is 11.1. The van der Waals surface area contributed by atoms with E-state index in [9.17, 15) is 14.7 Å². The summed E-state index contributed by atoms with van der Waals surface area (Å²) in [6.07, 6.45) is 2.79. The van der Waals surface area contributed by atoms with Gasteiger partial charge in [0.15, 0.2) is 0 Å². The standard InChI is InChI=1S/C35H36ClN3O4/c36-31-24-28(14-15-33(31)40)34(41)37-20-16-25-10-12-26(13-11-25)17-21-39-22-18-29(19-23-39)43-35(42)38-32-9-5-4-8-30(32)27-6-2-1-3-7-27/h1-15,24,29,40H,16-23H2,(H,37,41)(H,38,42). The van der Waals surface area contributed by atoms with Gasteiger partial charge in [-0.15, -0.1) is 0 Å². The minimum absolute atomic E-state index is 0.0432. The summed E-state index contributed by atoms with van der Waals surface area (Å²) in [6.45, 7) is 3.24. The number of anilines is 1. The van der Waals surface area contributed by atoms with Gasteiger partial charge >= 0.3 is 6.09 Å². The third-order valence-corrected chi connectivity index (χ3v) is 8.01. The highest BCUT2D eigenvalue weighted by atomic mass is 35.5. The van der Waals surface area contributed by atoms with E-state index in [1.165, 1.54) is 17.7 Å². The molecule has 4 aromatic rings. The van der Waals surface area contributed by atoms with Gasteiger partial charge in [0.25, 0.3) is 5.91 Å². The van der Waals surface area contributed by atoms with E-state index in [1.807, 2.05) is 54.6 Å². The Labute approximate surface area is 257 Å². The summed E-state index contributed by atoms with van der Waals surface area (Å²) in [5.41, 5.74) is 5.58. The van der Waals surface area contributed by atoms with Gasteiger partial charge in [0.05, 0.1) is 10.7 Å². The number of nitrogens with zero attached hydrogens (tertiary/aromatic N) is 1. The van der Waals surface area contributed by atoms with Gasteiger partial charge in [0, 0.05) is 37.3 Å². The second-order valence-electron chi connectivity index (χ2n) is 10.7. The fourth-order valence-corrected chi connectivity index (χ4v) is 5.41. The van der Waals surface area contributed by atoms with E-state index in [2.05, 4.69) is 39.8 Å². The van der Waals surface area contributed by atoms with Crippen LogP contribution < -0.4 is 10.6 Å². The number of benzene rings is 4. The van der Waals surface area contributed by atoms with Crippen LogP contribution in [0.25, 0.3) is 11.1 Å². The van der Waals surface area contributed by atoms with Crippen molar-refractivity contribution >= 4 is 29.3 Å². The Morgan fingerprint density at radius 2 is 1.53 bits per heavy atom. The Hall–Kier alpha value is -4.33. The zero-order chi connectivity index (χ0) is 30.0. The number of aromatic hydroxyl groups is 1. The third-order valence-electron chi connectivity index (χ3n) is 7.71. The summed E-state index contributed by atoms with van der Waals surface area (Å²) in [6, 6.07) is 30.7. The fourth-order valence-electron chi connectivity index (χ4n) is 5.23. The molecule has 5 rings (SSSR count). The number of nitrogens with one attached hydrogen (secondary N) is 2. The summed E-state index contributed by atoms with van der Waals surface area (Å²) >= 11 is 5.89. The number of hydrogen-bond acceptors (Lipinski definition) is 5. The number of ether oxygens (including phenoxy) is 1. The number of phenols is 1. The molecule has 1 heterocycles. The molecule has 43 heavy (non-hydrogen) atoms. The highest BCUT2D eigenvalue weighted by Gasteiger charge is 2.22. The quantitative estimate of drug-likeness (QED) is 0.184. The fraction of sp³-hybridized carbons (Fsp3) is 0.257. The van der Waals surface area contributed by atoms with Crippen LogP contribution in [0.5, 0.6) is 5.75 Å². The van der Waals surface area contributed by atoms with E-state index < -0.39 is 6.09 Å². The van der Waals surface area contributed by atoms with Gasteiger partial charge in [-0.1, -0.05) is 84.4 Å². The lowest BCUT2D eigenvalue weighted by Gasteiger charge is -2.31. The number of hydrogen-bond donors (Lipinski definition) is 3. The molecule has 0 saturated carbocycles. The summed E-state index contributed by atoms with van der Waals surface area (Å²) in [5, 5.41) is 15.5. The van der Waals surface area contributed by atoms with Gasteiger partial charge in [-0.2, -0.15) is 0 Å². The molecule has 222 valence electrons. The van der Waals surface area contributed by atoms with E-state index in [0.717, 1.165) is 67.7 Å². The van der Waals surface area contributed by atoms with Crippen molar-refractivity contribution in [3.8, 4) is 16.9 Å². The minimum Gasteiger partial charge on any atom is -0.506 e. The van der Waals surface area contributed by atoms with Crippen molar-refractivity contribution in [1.82, 2.24) is 10.2 Å². The largest absolute Gasteiger partial charge is 0.506 e. The highest BCUT2D eigenvalue weighted by molar-refractivity contribution is 6.32. The maximum Gasteiger partial charge on any atom is 0.411 e. The number of amides is 2. The van der Waals surface area contributed by atoms with Crippen molar-refractivity contribution in [2.45, 2.75) is 31.8 Å². The molecule has 4 aromatic carbocycles. The third kappa shape index (κ3) is 8.60. The van der Waals surface area contributed by atoms with E-state index in [0.29, 0.717) is 12.1 Å². The molecule has 7 nitrogen and oxygen atoms in total.